The van der Waals surface area contributed by atoms with E-state index in [0.717, 1.165) is 0 Å². The van der Waals surface area contributed by atoms with Crippen LogP contribution >= 0.6 is 0 Å². The van der Waals surface area contributed by atoms with E-state index in [1.54, 1.807) is 19.9 Å². The lowest BCUT2D eigenvalue weighted by molar-refractivity contribution is -0.243. The Kier molecular flexibility index (Phi) is 5.04. The van der Waals surface area contributed by atoms with Crippen molar-refractivity contribution >= 4 is 22.8 Å². The quantitative estimate of drug-likeness (QED) is 0.494. The molecule has 0 aliphatic carbocycles. The first-order valence-corrected chi connectivity index (χ1v) is 8.76. The van der Waals surface area contributed by atoms with Crippen LogP contribution < -0.4 is 11.5 Å². The number of aliphatic hydroxyl groups is 2. The Morgan fingerprint density at radius 2 is 2.11 bits per heavy atom. The zero-order valence-corrected chi connectivity index (χ0v) is 15.7. The number of esters is 1. The number of alkyl halides is 1. The van der Waals surface area contributed by atoms with Gasteiger partial charge in [-0.15, -0.1) is 0 Å². The van der Waals surface area contributed by atoms with Crippen molar-refractivity contribution in [2.45, 2.75) is 50.6 Å². The van der Waals surface area contributed by atoms with Gasteiger partial charge in [-0.25, -0.2) is 14.4 Å². The van der Waals surface area contributed by atoms with Crippen LogP contribution in [-0.4, -0.2) is 61.4 Å². The van der Waals surface area contributed by atoms with Crippen molar-refractivity contribution < 1.29 is 28.9 Å². The van der Waals surface area contributed by atoms with Crippen molar-refractivity contribution in [1.29, 1.82) is 0 Å². The molecule has 11 heteroatoms. The SMILES string of the molecule is CC(C)[C@H](N)C(=O)OC[C@@]1(F)O[C@@](C)(n2ccc3c(N)ncnc32)[C@H](O)[C@@H]1O. The molecule has 3 rings (SSSR count). The molecule has 10 nitrogen and oxygen atoms in total. The van der Waals surface area contributed by atoms with Crippen LogP contribution in [0, 0.1) is 5.92 Å². The summed E-state index contributed by atoms with van der Waals surface area (Å²) in [6.45, 7) is 3.87. The first-order chi connectivity index (χ1) is 13.0. The van der Waals surface area contributed by atoms with E-state index in [1.807, 2.05) is 0 Å². The van der Waals surface area contributed by atoms with Gasteiger partial charge in [0.25, 0.3) is 5.85 Å². The van der Waals surface area contributed by atoms with E-state index in [9.17, 15) is 15.0 Å². The topological polar surface area (TPSA) is 159 Å². The van der Waals surface area contributed by atoms with Crippen LogP contribution in [0.2, 0.25) is 0 Å². The van der Waals surface area contributed by atoms with Gasteiger partial charge in [0.05, 0.1) is 5.39 Å². The molecule has 6 N–H and O–H groups in total. The normalized spacial score (nSPS) is 31.4. The monoisotopic (exact) mass is 397 g/mol. The number of carbonyl (C=O) groups excluding carboxylic acids is 1. The van der Waals surface area contributed by atoms with Gasteiger partial charge in [0.2, 0.25) is 0 Å². The van der Waals surface area contributed by atoms with Crippen LogP contribution in [0.3, 0.4) is 0 Å². The number of aromatic nitrogens is 3. The number of nitrogen functional groups attached to an aromatic ring is 1. The van der Waals surface area contributed by atoms with Crippen molar-refractivity contribution in [2.75, 3.05) is 12.3 Å². The van der Waals surface area contributed by atoms with E-state index < -0.39 is 42.4 Å². The van der Waals surface area contributed by atoms with E-state index in [4.69, 9.17) is 20.9 Å². The molecule has 1 saturated heterocycles. The predicted octanol–water partition coefficient (Wildman–Crippen LogP) is -0.369. The Hall–Kier alpha value is -2.34. The van der Waals surface area contributed by atoms with Gasteiger partial charge in [0, 0.05) is 6.20 Å². The maximum Gasteiger partial charge on any atom is 0.323 e. The molecule has 0 amide bonds. The van der Waals surface area contributed by atoms with Crippen LogP contribution in [0.15, 0.2) is 18.6 Å². The number of ether oxygens (including phenoxy) is 2. The minimum absolute atomic E-state index is 0.198. The molecule has 1 fully saturated rings. The minimum Gasteiger partial charge on any atom is -0.458 e. The number of hydrogen-bond acceptors (Lipinski definition) is 9. The summed E-state index contributed by atoms with van der Waals surface area (Å²) in [5, 5.41) is 21.3. The fraction of sp³-hybridized carbons (Fsp3) is 0.588. The molecule has 2 aromatic heterocycles. The molecule has 154 valence electrons. The van der Waals surface area contributed by atoms with Crippen LogP contribution in [0.1, 0.15) is 20.8 Å². The van der Waals surface area contributed by atoms with Gasteiger partial charge in [-0.05, 0) is 18.9 Å². The average Bonchev–Trinajstić information content (AvgIpc) is 3.16. The Morgan fingerprint density at radius 1 is 1.43 bits per heavy atom. The van der Waals surface area contributed by atoms with E-state index >= 15 is 4.39 Å². The number of fused-ring (bicyclic) bond motifs is 1. The maximum atomic E-state index is 15.3. The van der Waals surface area contributed by atoms with Crippen molar-refractivity contribution in [1.82, 2.24) is 14.5 Å². The Balaban J connectivity index is 1.88. The van der Waals surface area contributed by atoms with E-state index in [1.165, 1.54) is 24.0 Å². The number of nitrogens with two attached hydrogens (primary N) is 2. The predicted molar refractivity (Wildman–Crippen MR) is 96.3 cm³/mol. The van der Waals surface area contributed by atoms with Gasteiger partial charge in [0.15, 0.2) is 12.3 Å². The number of halogens is 1. The highest BCUT2D eigenvalue weighted by molar-refractivity contribution is 5.86. The van der Waals surface area contributed by atoms with Gasteiger partial charge < -0.3 is 35.7 Å². The van der Waals surface area contributed by atoms with Crippen molar-refractivity contribution in [3.63, 3.8) is 0 Å². The lowest BCUT2D eigenvalue weighted by Gasteiger charge is -2.30. The molecule has 3 heterocycles. The first-order valence-electron chi connectivity index (χ1n) is 8.76. The Labute approximate surface area is 160 Å². The van der Waals surface area contributed by atoms with E-state index in [2.05, 4.69) is 9.97 Å². The molecule has 0 aromatic carbocycles. The van der Waals surface area contributed by atoms with E-state index in [0.29, 0.717) is 5.39 Å². The van der Waals surface area contributed by atoms with Crippen LogP contribution in [0.5, 0.6) is 0 Å². The number of nitrogens with zero attached hydrogens (tertiary/aromatic N) is 3. The summed E-state index contributed by atoms with van der Waals surface area (Å²) in [4.78, 5) is 19.9. The molecule has 0 saturated carbocycles. The number of rotatable bonds is 5. The van der Waals surface area contributed by atoms with E-state index in [-0.39, 0.29) is 17.4 Å². The summed E-state index contributed by atoms with van der Waals surface area (Å²) >= 11 is 0. The molecule has 1 aliphatic rings. The van der Waals surface area contributed by atoms with Gasteiger partial charge in [0.1, 0.15) is 36.0 Å². The molecule has 28 heavy (non-hydrogen) atoms. The maximum absolute atomic E-state index is 15.3. The third-order valence-electron chi connectivity index (χ3n) is 5.06. The Morgan fingerprint density at radius 3 is 2.75 bits per heavy atom. The lowest BCUT2D eigenvalue weighted by Crippen LogP contribution is -2.46. The summed E-state index contributed by atoms with van der Waals surface area (Å²) in [5.74, 6) is -3.71. The number of hydrogen-bond donors (Lipinski definition) is 4. The first kappa shape index (κ1) is 20.4. The van der Waals surface area contributed by atoms with Crippen molar-refractivity contribution in [3.8, 4) is 0 Å². The molecular formula is C17H24FN5O5. The summed E-state index contributed by atoms with van der Waals surface area (Å²) in [7, 11) is 0. The Bertz CT molecular complexity index is 892. The second-order valence-corrected chi connectivity index (χ2v) is 7.39. The summed E-state index contributed by atoms with van der Waals surface area (Å²) in [6.07, 6.45) is -0.982. The van der Waals surface area contributed by atoms with Crippen molar-refractivity contribution in [3.05, 3.63) is 18.6 Å². The largest absolute Gasteiger partial charge is 0.458 e. The fourth-order valence-corrected chi connectivity index (χ4v) is 3.17. The third kappa shape index (κ3) is 3.09. The van der Waals surface area contributed by atoms with Gasteiger partial charge in [-0.3, -0.25) is 4.79 Å². The molecule has 5 atom stereocenters. The third-order valence-corrected chi connectivity index (χ3v) is 5.06. The zero-order chi connectivity index (χ0) is 20.9. The van der Waals surface area contributed by atoms with Crippen molar-refractivity contribution in [2.24, 2.45) is 11.7 Å². The molecule has 0 unspecified atom stereocenters. The minimum atomic E-state index is -2.85. The smallest absolute Gasteiger partial charge is 0.323 e. The average molecular weight is 397 g/mol. The van der Waals surface area contributed by atoms with Crippen LogP contribution in [0.4, 0.5) is 10.2 Å². The molecule has 0 radical (unpaired) electrons. The molecule has 2 aromatic rings. The summed E-state index contributed by atoms with van der Waals surface area (Å²) in [6, 6.07) is 0.629. The highest BCUT2D eigenvalue weighted by Crippen LogP contribution is 2.44. The summed E-state index contributed by atoms with van der Waals surface area (Å²) < 4.78 is 27.0. The standard InChI is InChI=1S/C17H24FN5O5/c1-8(2)10(19)15(26)27-6-17(18)12(25)11(24)16(3,28-17)23-5-4-9-13(20)21-7-22-14(9)23/h4-5,7-8,10-12,24-25H,6,19H2,1-3H3,(H2,20,21,22)/t10-,11+,12-,16+,17+/m0/s1. The van der Waals surface area contributed by atoms with Crippen LogP contribution in [-0.2, 0) is 20.0 Å². The lowest BCUT2D eigenvalue weighted by atomic mass is 10.0. The highest BCUT2D eigenvalue weighted by atomic mass is 19.2. The summed E-state index contributed by atoms with van der Waals surface area (Å²) in [5.41, 5.74) is 10.0. The molecule has 1 aliphatic heterocycles. The second kappa shape index (κ2) is 6.92. The highest BCUT2D eigenvalue weighted by Gasteiger charge is 2.63. The van der Waals surface area contributed by atoms with Gasteiger partial charge in [-0.1, -0.05) is 13.8 Å². The van der Waals surface area contributed by atoms with Crippen LogP contribution in [0.25, 0.3) is 11.0 Å². The zero-order valence-electron chi connectivity index (χ0n) is 15.7. The van der Waals surface area contributed by atoms with Gasteiger partial charge >= 0.3 is 5.97 Å². The molecule has 0 spiro atoms. The second-order valence-electron chi connectivity index (χ2n) is 7.39. The number of aliphatic hydroxyl groups excluding tert-OH is 2. The fourth-order valence-electron chi connectivity index (χ4n) is 3.17. The number of anilines is 1. The number of carbonyl (C=O) groups is 1. The molecule has 0 bridgehead atoms. The van der Waals surface area contributed by atoms with Gasteiger partial charge in [-0.2, -0.15) is 0 Å². The molecular weight excluding hydrogens is 373 g/mol.